The predicted molar refractivity (Wildman–Crippen MR) is 62.1 cm³/mol. The quantitative estimate of drug-likeness (QED) is 0.863. The normalized spacial score (nSPS) is 15.7. The van der Waals surface area contributed by atoms with Gasteiger partial charge in [0.15, 0.2) is 0 Å². The van der Waals surface area contributed by atoms with Crippen LogP contribution in [0.4, 0.5) is 31.1 Å². The maximum absolute atomic E-state index is 12.6. The van der Waals surface area contributed by atoms with Gasteiger partial charge in [0.05, 0.1) is 0 Å². The Bertz CT molecular complexity index is 621. The fourth-order valence-electron chi connectivity index (χ4n) is 1.35. The lowest BCUT2D eigenvalue weighted by molar-refractivity contribution is 0.364. The highest BCUT2D eigenvalue weighted by atomic mass is 32.5. The standard InChI is InChI=1S/C9H9F5N4S/c1-18-9(15-6-16-18)17-7-3-2-4-8(5-7)19(10,11,12,13)14/h2-6H,1H3,(H,15,16,17). The van der Waals surface area contributed by atoms with Gasteiger partial charge in [0.1, 0.15) is 11.2 Å². The van der Waals surface area contributed by atoms with Crippen LogP contribution in [-0.4, -0.2) is 14.8 Å². The van der Waals surface area contributed by atoms with Crippen LogP contribution in [0.1, 0.15) is 0 Å². The third-order valence-electron chi connectivity index (χ3n) is 2.25. The monoisotopic (exact) mass is 300 g/mol. The summed E-state index contributed by atoms with van der Waals surface area (Å²) in [6, 6.07) is 2.80. The second-order valence-corrected chi connectivity index (χ2v) is 6.24. The van der Waals surface area contributed by atoms with Crippen molar-refractivity contribution >= 4 is 21.9 Å². The fraction of sp³-hybridized carbons (Fsp3) is 0.111. The van der Waals surface area contributed by atoms with Crippen LogP contribution in [0.25, 0.3) is 0 Å². The van der Waals surface area contributed by atoms with Crippen molar-refractivity contribution in [1.29, 1.82) is 0 Å². The third-order valence-corrected chi connectivity index (χ3v) is 3.39. The molecular formula is C9H9F5N4S. The number of aromatic nitrogens is 3. The van der Waals surface area contributed by atoms with E-state index < -0.39 is 15.1 Å². The molecule has 0 fully saturated rings. The van der Waals surface area contributed by atoms with Crippen LogP contribution in [0.2, 0.25) is 0 Å². The summed E-state index contributed by atoms with van der Waals surface area (Å²) in [5, 5.41) is 6.17. The zero-order valence-corrected chi connectivity index (χ0v) is 10.3. The first-order valence-corrected chi connectivity index (χ1v) is 6.86. The number of rotatable bonds is 3. The Hall–Kier alpha value is -1.84. The second kappa shape index (κ2) is 3.38. The van der Waals surface area contributed by atoms with E-state index in [-0.39, 0.29) is 11.6 Å². The lowest BCUT2D eigenvalue weighted by Gasteiger charge is -2.40. The van der Waals surface area contributed by atoms with E-state index in [4.69, 9.17) is 0 Å². The van der Waals surface area contributed by atoms with Crippen molar-refractivity contribution in [1.82, 2.24) is 14.8 Å². The van der Waals surface area contributed by atoms with Gasteiger partial charge in [0, 0.05) is 12.7 Å². The molecule has 2 aromatic rings. The molecule has 0 bridgehead atoms. The molecule has 0 radical (unpaired) electrons. The number of halogens is 5. The van der Waals surface area contributed by atoms with Crippen LogP contribution in [0.5, 0.6) is 0 Å². The first kappa shape index (κ1) is 13.6. The molecule has 10 heteroatoms. The summed E-state index contributed by atoms with van der Waals surface area (Å²) >= 11 is 0. The Kier molecular flexibility index (Phi) is 2.42. The molecule has 0 aliphatic rings. The van der Waals surface area contributed by atoms with E-state index in [0.29, 0.717) is 12.1 Å². The van der Waals surface area contributed by atoms with Crippen LogP contribution in [-0.2, 0) is 7.05 Å². The summed E-state index contributed by atoms with van der Waals surface area (Å²) in [5.74, 6) is 0.138. The second-order valence-electron chi connectivity index (χ2n) is 3.83. The number of benzene rings is 1. The van der Waals surface area contributed by atoms with E-state index in [2.05, 4.69) is 15.4 Å². The van der Waals surface area contributed by atoms with E-state index in [1.54, 1.807) is 0 Å². The van der Waals surface area contributed by atoms with Crippen molar-refractivity contribution in [2.24, 2.45) is 7.05 Å². The van der Waals surface area contributed by atoms with E-state index in [1.165, 1.54) is 24.1 Å². The zero-order valence-electron chi connectivity index (χ0n) is 9.53. The SMILES string of the molecule is Cn1ncnc1Nc1cccc(S(F)(F)(F)(F)F)c1. The molecule has 1 aromatic heterocycles. The summed E-state index contributed by atoms with van der Waals surface area (Å²) in [5.41, 5.74) is -0.151. The number of nitrogens with zero attached hydrogens (tertiary/aromatic N) is 3. The third kappa shape index (κ3) is 3.13. The fourth-order valence-corrected chi connectivity index (χ4v) is 2.04. The average molecular weight is 300 g/mol. The Morgan fingerprint density at radius 2 is 1.84 bits per heavy atom. The molecule has 4 nitrogen and oxygen atoms in total. The van der Waals surface area contributed by atoms with Crippen molar-refractivity contribution < 1.29 is 19.4 Å². The first-order chi connectivity index (χ1) is 8.45. The van der Waals surface area contributed by atoms with Gasteiger partial charge in [-0.05, 0) is 18.2 Å². The van der Waals surface area contributed by atoms with E-state index >= 15 is 0 Å². The smallest absolute Gasteiger partial charge is 0.310 e. The molecule has 0 unspecified atom stereocenters. The Morgan fingerprint density at radius 1 is 1.16 bits per heavy atom. The maximum Gasteiger partial charge on any atom is 0.310 e. The van der Waals surface area contributed by atoms with Crippen molar-refractivity contribution in [3.8, 4) is 0 Å². The van der Waals surface area contributed by atoms with Crippen molar-refractivity contribution in [3.63, 3.8) is 0 Å². The van der Waals surface area contributed by atoms with Gasteiger partial charge < -0.3 is 5.32 Å². The van der Waals surface area contributed by atoms with Crippen LogP contribution < -0.4 is 5.32 Å². The van der Waals surface area contributed by atoms with Crippen LogP contribution in [0, 0.1) is 0 Å². The summed E-state index contributed by atoms with van der Waals surface area (Å²) in [7, 11) is -8.16. The van der Waals surface area contributed by atoms with E-state index in [9.17, 15) is 19.4 Å². The van der Waals surface area contributed by atoms with E-state index in [0.717, 1.165) is 6.07 Å². The van der Waals surface area contributed by atoms with Crippen molar-refractivity contribution in [3.05, 3.63) is 30.6 Å². The number of hydrogen-bond acceptors (Lipinski definition) is 3. The molecule has 0 saturated heterocycles. The Balaban J connectivity index is 2.40. The van der Waals surface area contributed by atoms with Crippen LogP contribution in [0.15, 0.2) is 35.5 Å². The molecule has 0 atom stereocenters. The molecule has 106 valence electrons. The van der Waals surface area contributed by atoms with Crippen molar-refractivity contribution in [2.45, 2.75) is 4.90 Å². The molecular weight excluding hydrogens is 291 g/mol. The Labute approximate surface area is 105 Å². The van der Waals surface area contributed by atoms with Gasteiger partial charge >= 0.3 is 10.2 Å². The van der Waals surface area contributed by atoms with Gasteiger partial charge in [0.25, 0.3) is 0 Å². The number of hydrogen-bond donors (Lipinski definition) is 1. The van der Waals surface area contributed by atoms with Gasteiger partial charge in [-0.1, -0.05) is 25.5 Å². The van der Waals surface area contributed by atoms with Crippen LogP contribution >= 0.6 is 10.2 Å². The molecule has 0 aliphatic heterocycles. The first-order valence-electron chi connectivity index (χ1n) is 4.91. The minimum Gasteiger partial charge on any atom is -0.324 e. The van der Waals surface area contributed by atoms with Crippen molar-refractivity contribution in [2.75, 3.05) is 5.32 Å². The predicted octanol–water partition coefficient (Wildman–Crippen LogP) is 4.22. The van der Waals surface area contributed by atoms with E-state index in [1.807, 2.05) is 0 Å². The average Bonchev–Trinajstić information content (AvgIpc) is 2.62. The van der Waals surface area contributed by atoms with Gasteiger partial charge in [0.2, 0.25) is 5.95 Å². The molecule has 0 spiro atoms. The minimum atomic E-state index is -9.67. The van der Waals surface area contributed by atoms with Gasteiger partial charge in [-0.2, -0.15) is 10.1 Å². The lowest BCUT2D eigenvalue weighted by Crippen LogP contribution is -2.07. The molecule has 1 aromatic carbocycles. The highest BCUT2D eigenvalue weighted by Gasteiger charge is 2.65. The highest BCUT2D eigenvalue weighted by molar-refractivity contribution is 8.45. The minimum absolute atomic E-state index is 0.138. The molecule has 19 heavy (non-hydrogen) atoms. The molecule has 0 aliphatic carbocycles. The van der Waals surface area contributed by atoms with Gasteiger partial charge in [-0.15, -0.1) is 0 Å². The van der Waals surface area contributed by atoms with Gasteiger partial charge in [-0.3, -0.25) is 0 Å². The number of anilines is 2. The number of aryl methyl sites for hydroxylation is 1. The lowest BCUT2D eigenvalue weighted by atomic mass is 10.3. The molecule has 2 rings (SSSR count). The topological polar surface area (TPSA) is 42.7 Å². The number of nitrogens with one attached hydrogen (secondary N) is 1. The summed E-state index contributed by atoms with van der Waals surface area (Å²) in [4.78, 5) is 1.77. The Morgan fingerprint density at radius 3 is 2.37 bits per heavy atom. The largest absolute Gasteiger partial charge is 0.324 e. The summed E-state index contributed by atoms with van der Waals surface area (Å²) in [6.07, 6.45) is 1.18. The van der Waals surface area contributed by atoms with Gasteiger partial charge in [-0.25, -0.2) is 4.68 Å². The molecule has 1 N–H and O–H groups in total. The maximum atomic E-state index is 12.6. The summed E-state index contributed by atoms with van der Waals surface area (Å²) < 4.78 is 64.4. The highest BCUT2D eigenvalue weighted by Crippen LogP contribution is 3.02. The molecule has 1 heterocycles. The summed E-state index contributed by atoms with van der Waals surface area (Å²) in [6.45, 7) is 0. The molecule has 0 amide bonds. The zero-order chi connectivity index (χ0) is 14.4. The molecule has 0 saturated carbocycles. The van der Waals surface area contributed by atoms with Crippen LogP contribution in [0.3, 0.4) is 0 Å².